The van der Waals surface area contributed by atoms with Gasteiger partial charge in [-0.05, 0) is 11.6 Å². The summed E-state index contributed by atoms with van der Waals surface area (Å²) in [6.45, 7) is 1.14. The van der Waals surface area contributed by atoms with Crippen molar-refractivity contribution in [2.75, 3.05) is 0 Å². The topological polar surface area (TPSA) is 17.1 Å². The van der Waals surface area contributed by atoms with Gasteiger partial charge in [0.05, 0.1) is 6.42 Å². The lowest BCUT2D eigenvalue weighted by molar-refractivity contribution is -0.148. The molecular weight excluding hydrogens is 169 g/mol. The first-order valence-corrected chi connectivity index (χ1v) is 2.97. The number of carbonyl (C=O) groups excluding carboxylic acids is 1. The Morgan fingerprint density at radius 3 is 2.10 bits per heavy atom. The molecule has 0 aliphatic rings. The quantitative estimate of drug-likeness (QED) is 0.588. The average molecular weight is 175 g/mol. The first-order valence-electron chi connectivity index (χ1n) is 2.59. The van der Waals surface area contributed by atoms with Crippen LogP contribution in [0.3, 0.4) is 0 Å². The standard InChI is InChI=1S/C5H6ClF3O/c1-3(4(6)10)2-5(7,8)9/h3H,2H2,1H3. The van der Waals surface area contributed by atoms with E-state index in [1.165, 1.54) is 0 Å². The van der Waals surface area contributed by atoms with E-state index < -0.39 is 23.8 Å². The van der Waals surface area contributed by atoms with E-state index in [9.17, 15) is 18.0 Å². The lowest BCUT2D eigenvalue weighted by Gasteiger charge is -2.08. The van der Waals surface area contributed by atoms with Crippen molar-refractivity contribution in [3.8, 4) is 0 Å². The fourth-order valence-corrected chi connectivity index (χ4v) is 0.505. The summed E-state index contributed by atoms with van der Waals surface area (Å²) in [7, 11) is 0. The Bertz CT molecular complexity index is 131. The van der Waals surface area contributed by atoms with Gasteiger partial charge in [-0.1, -0.05) is 6.92 Å². The largest absolute Gasteiger partial charge is 0.389 e. The Balaban J connectivity index is 3.80. The van der Waals surface area contributed by atoms with E-state index in [-0.39, 0.29) is 0 Å². The van der Waals surface area contributed by atoms with Crippen molar-refractivity contribution in [2.45, 2.75) is 19.5 Å². The highest BCUT2D eigenvalue weighted by atomic mass is 35.5. The third-order valence-corrected chi connectivity index (χ3v) is 1.30. The van der Waals surface area contributed by atoms with Crippen LogP contribution in [0, 0.1) is 5.92 Å². The van der Waals surface area contributed by atoms with Gasteiger partial charge >= 0.3 is 6.18 Å². The van der Waals surface area contributed by atoms with Gasteiger partial charge in [-0.3, -0.25) is 4.79 Å². The minimum atomic E-state index is -4.30. The molecule has 0 aromatic carbocycles. The van der Waals surface area contributed by atoms with Crippen LogP contribution in [0.1, 0.15) is 13.3 Å². The van der Waals surface area contributed by atoms with Gasteiger partial charge in [0.25, 0.3) is 0 Å². The highest BCUT2D eigenvalue weighted by molar-refractivity contribution is 6.63. The molecule has 0 rings (SSSR count). The second-order valence-corrected chi connectivity index (χ2v) is 2.40. The van der Waals surface area contributed by atoms with Crippen LogP contribution in [0.15, 0.2) is 0 Å². The minimum Gasteiger partial charge on any atom is -0.281 e. The molecule has 0 saturated heterocycles. The van der Waals surface area contributed by atoms with Gasteiger partial charge in [-0.15, -0.1) is 0 Å². The molecule has 0 aromatic rings. The van der Waals surface area contributed by atoms with Gasteiger partial charge in [-0.2, -0.15) is 13.2 Å². The molecule has 0 aromatic heterocycles. The Hall–Kier alpha value is -0.250. The van der Waals surface area contributed by atoms with E-state index in [1.54, 1.807) is 0 Å². The molecule has 0 aliphatic carbocycles. The maximum Gasteiger partial charge on any atom is 0.389 e. The highest BCUT2D eigenvalue weighted by Gasteiger charge is 2.32. The molecule has 0 amide bonds. The molecule has 1 unspecified atom stereocenters. The zero-order valence-electron chi connectivity index (χ0n) is 5.20. The van der Waals surface area contributed by atoms with Crippen LogP contribution in [0.2, 0.25) is 0 Å². The lowest BCUT2D eigenvalue weighted by Crippen LogP contribution is -2.16. The van der Waals surface area contributed by atoms with Crippen molar-refractivity contribution in [3.63, 3.8) is 0 Å². The molecule has 0 N–H and O–H groups in total. The van der Waals surface area contributed by atoms with Crippen molar-refractivity contribution < 1.29 is 18.0 Å². The monoisotopic (exact) mass is 174 g/mol. The van der Waals surface area contributed by atoms with Gasteiger partial charge in [0.2, 0.25) is 5.24 Å². The lowest BCUT2D eigenvalue weighted by atomic mass is 10.1. The van der Waals surface area contributed by atoms with Crippen LogP contribution < -0.4 is 0 Å². The molecule has 0 aliphatic heterocycles. The number of halogens is 4. The molecule has 1 nitrogen and oxygen atoms in total. The summed E-state index contributed by atoms with van der Waals surface area (Å²) in [6.07, 6.45) is -5.45. The number of hydrogen-bond acceptors (Lipinski definition) is 1. The Morgan fingerprint density at radius 2 is 2.00 bits per heavy atom. The highest BCUT2D eigenvalue weighted by Crippen LogP contribution is 2.25. The molecule has 1 atom stereocenters. The van der Waals surface area contributed by atoms with Gasteiger partial charge < -0.3 is 0 Å². The van der Waals surface area contributed by atoms with E-state index >= 15 is 0 Å². The van der Waals surface area contributed by atoms with Crippen LogP contribution in [0.5, 0.6) is 0 Å². The molecule has 0 radical (unpaired) electrons. The van der Waals surface area contributed by atoms with Crippen molar-refractivity contribution in [1.29, 1.82) is 0 Å². The van der Waals surface area contributed by atoms with Gasteiger partial charge in [0.1, 0.15) is 0 Å². The molecular formula is C5H6ClF3O. The van der Waals surface area contributed by atoms with Gasteiger partial charge in [0, 0.05) is 5.92 Å². The van der Waals surface area contributed by atoms with Crippen molar-refractivity contribution in [1.82, 2.24) is 0 Å². The number of hydrogen-bond donors (Lipinski definition) is 0. The summed E-state index contributed by atoms with van der Waals surface area (Å²) in [6, 6.07) is 0. The molecule has 5 heteroatoms. The molecule has 60 valence electrons. The average Bonchev–Trinajstić information content (AvgIpc) is 1.60. The first-order chi connectivity index (χ1) is 4.33. The Kier molecular flexibility index (Phi) is 3.15. The van der Waals surface area contributed by atoms with E-state index in [1.807, 2.05) is 0 Å². The van der Waals surface area contributed by atoms with Gasteiger partial charge in [0.15, 0.2) is 0 Å². The maximum absolute atomic E-state index is 11.5. The van der Waals surface area contributed by atoms with Crippen molar-refractivity contribution in [2.24, 2.45) is 5.92 Å². The van der Waals surface area contributed by atoms with Crippen molar-refractivity contribution in [3.05, 3.63) is 0 Å². The summed E-state index contributed by atoms with van der Waals surface area (Å²) >= 11 is 4.80. The number of carbonyl (C=O) groups is 1. The fourth-order valence-electron chi connectivity index (χ4n) is 0.427. The summed E-state index contributed by atoms with van der Waals surface area (Å²) in [5, 5.41) is -0.947. The van der Waals surface area contributed by atoms with Crippen LogP contribution in [0.25, 0.3) is 0 Å². The normalized spacial score (nSPS) is 14.9. The molecule has 0 bridgehead atoms. The smallest absolute Gasteiger partial charge is 0.281 e. The predicted octanol–water partition coefficient (Wildman–Crippen LogP) is 2.34. The fraction of sp³-hybridized carbons (Fsp3) is 0.800. The van der Waals surface area contributed by atoms with Crippen molar-refractivity contribution >= 4 is 16.8 Å². The number of rotatable bonds is 2. The summed E-state index contributed by atoms with van der Waals surface area (Å²) in [4.78, 5) is 10.1. The molecule has 0 spiro atoms. The van der Waals surface area contributed by atoms with Crippen LogP contribution in [-0.2, 0) is 4.79 Å². The zero-order chi connectivity index (χ0) is 8.36. The molecule has 0 heterocycles. The minimum absolute atomic E-state index is 0.947. The maximum atomic E-state index is 11.5. The third kappa shape index (κ3) is 4.61. The summed E-state index contributed by atoms with van der Waals surface area (Å²) < 4.78 is 34.4. The first kappa shape index (κ1) is 9.75. The van der Waals surface area contributed by atoms with Crippen LogP contribution in [0.4, 0.5) is 13.2 Å². The van der Waals surface area contributed by atoms with E-state index in [0.29, 0.717) is 0 Å². The second-order valence-electron chi connectivity index (χ2n) is 2.02. The summed E-state index contributed by atoms with van der Waals surface area (Å²) in [5.41, 5.74) is 0. The molecule has 0 saturated carbocycles. The van der Waals surface area contributed by atoms with Crippen LogP contribution in [-0.4, -0.2) is 11.4 Å². The van der Waals surface area contributed by atoms with E-state index in [0.717, 1.165) is 6.92 Å². The Morgan fingerprint density at radius 1 is 1.60 bits per heavy atom. The van der Waals surface area contributed by atoms with E-state index in [2.05, 4.69) is 0 Å². The van der Waals surface area contributed by atoms with E-state index in [4.69, 9.17) is 11.6 Å². The molecule has 0 fully saturated rings. The van der Waals surface area contributed by atoms with Gasteiger partial charge in [-0.25, -0.2) is 0 Å². The third-order valence-electron chi connectivity index (χ3n) is 0.925. The Labute approximate surface area is 61.2 Å². The zero-order valence-corrected chi connectivity index (χ0v) is 5.96. The van der Waals surface area contributed by atoms with Crippen LogP contribution >= 0.6 is 11.6 Å². The number of alkyl halides is 3. The predicted molar refractivity (Wildman–Crippen MR) is 30.7 cm³/mol. The molecule has 10 heavy (non-hydrogen) atoms. The second kappa shape index (κ2) is 3.23. The SMILES string of the molecule is CC(CC(F)(F)F)C(=O)Cl. The summed E-state index contributed by atoms with van der Waals surface area (Å²) in [5.74, 6) is -1.14.